The third kappa shape index (κ3) is 2.15. The first-order valence-corrected chi connectivity index (χ1v) is 4.72. The summed E-state index contributed by atoms with van der Waals surface area (Å²) in [5, 5.41) is 0. The zero-order chi connectivity index (χ0) is 12.4. The number of rotatable bonds is 2. The maximum atomic E-state index is 13.5. The van der Waals surface area contributed by atoms with Gasteiger partial charge in [0.2, 0.25) is 0 Å². The molecule has 2 N–H and O–H groups in total. The van der Waals surface area contributed by atoms with Crippen molar-refractivity contribution >= 4 is 5.69 Å². The Kier molecular flexibility index (Phi) is 2.86. The molecule has 0 fully saturated rings. The number of hydrogen-bond acceptors (Lipinski definition) is 4. The minimum absolute atomic E-state index is 0.0187. The van der Waals surface area contributed by atoms with Gasteiger partial charge in [-0.25, -0.2) is 18.7 Å². The highest BCUT2D eigenvalue weighted by molar-refractivity contribution is 5.66. The summed E-state index contributed by atoms with van der Waals surface area (Å²) in [6.45, 7) is 0. The lowest BCUT2D eigenvalue weighted by Gasteiger charge is -2.05. The highest BCUT2D eigenvalue weighted by Gasteiger charge is 2.12. The second-order valence-corrected chi connectivity index (χ2v) is 3.32. The number of hydrogen-bond donors (Lipinski definition) is 1. The second kappa shape index (κ2) is 4.32. The molecule has 0 atom stereocenters. The van der Waals surface area contributed by atoms with E-state index in [-0.39, 0.29) is 17.3 Å². The quantitative estimate of drug-likeness (QED) is 0.811. The van der Waals surface area contributed by atoms with Gasteiger partial charge in [-0.1, -0.05) is 0 Å². The van der Waals surface area contributed by atoms with Gasteiger partial charge in [0.05, 0.1) is 7.11 Å². The highest BCUT2D eigenvalue weighted by atomic mass is 19.2. The van der Waals surface area contributed by atoms with Crippen molar-refractivity contribution in [2.24, 2.45) is 0 Å². The lowest BCUT2D eigenvalue weighted by molar-refractivity contribution is 0.380. The maximum absolute atomic E-state index is 13.5. The molecule has 0 aliphatic heterocycles. The largest absolute Gasteiger partial charge is 0.467 e. The van der Waals surface area contributed by atoms with Crippen LogP contribution in [0.4, 0.5) is 14.5 Å². The van der Waals surface area contributed by atoms with Crippen LogP contribution in [0.15, 0.2) is 24.5 Å². The number of nitrogens with zero attached hydrogens (tertiary/aromatic N) is 2. The molecule has 0 amide bonds. The molecule has 88 valence electrons. The normalized spacial score (nSPS) is 10.3. The average molecular weight is 237 g/mol. The maximum Gasteiger partial charge on any atom is 0.316 e. The van der Waals surface area contributed by atoms with E-state index in [0.29, 0.717) is 5.56 Å². The van der Waals surface area contributed by atoms with E-state index in [0.717, 1.165) is 6.07 Å². The zero-order valence-corrected chi connectivity index (χ0v) is 8.95. The van der Waals surface area contributed by atoms with Crippen molar-refractivity contribution in [3.63, 3.8) is 0 Å². The van der Waals surface area contributed by atoms with E-state index in [1.807, 2.05) is 0 Å². The van der Waals surface area contributed by atoms with Crippen LogP contribution in [0.3, 0.4) is 0 Å². The van der Waals surface area contributed by atoms with Gasteiger partial charge in [-0.3, -0.25) is 0 Å². The average Bonchev–Trinajstić information content (AvgIpc) is 2.34. The van der Waals surface area contributed by atoms with Crippen LogP contribution in [0.25, 0.3) is 11.1 Å². The van der Waals surface area contributed by atoms with Gasteiger partial charge in [-0.2, -0.15) is 0 Å². The number of aromatic nitrogens is 2. The van der Waals surface area contributed by atoms with Crippen LogP contribution in [0.1, 0.15) is 0 Å². The first kappa shape index (κ1) is 11.3. The molecule has 0 bridgehead atoms. The molecule has 6 heteroatoms. The third-order valence-electron chi connectivity index (χ3n) is 2.17. The topological polar surface area (TPSA) is 61.0 Å². The molecule has 1 heterocycles. The fraction of sp³-hybridized carbons (Fsp3) is 0.0909. The van der Waals surface area contributed by atoms with E-state index in [1.54, 1.807) is 0 Å². The van der Waals surface area contributed by atoms with Gasteiger partial charge < -0.3 is 10.5 Å². The van der Waals surface area contributed by atoms with Crippen LogP contribution >= 0.6 is 0 Å². The Morgan fingerprint density at radius 2 is 1.82 bits per heavy atom. The SMILES string of the molecule is COc1ncc(-c2cc(N)cc(F)c2F)cn1. The van der Waals surface area contributed by atoms with E-state index in [9.17, 15) is 8.78 Å². The molecule has 0 saturated carbocycles. The van der Waals surface area contributed by atoms with Gasteiger partial charge in [0.25, 0.3) is 0 Å². The minimum Gasteiger partial charge on any atom is -0.467 e. The molecule has 1 aromatic carbocycles. The molecule has 2 rings (SSSR count). The molecule has 17 heavy (non-hydrogen) atoms. The Balaban J connectivity index is 2.52. The van der Waals surface area contributed by atoms with Gasteiger partial charge in [-0.05, 0) is 12.1 Å². The van der Waals surface area contributed by atoms with Gasteiger partial charge in [0.15, 0.2) is 11.6 Å². The molecule has 4 nitrogen and oxygen atoms in total. The first-order chi connectivity index (χ1) is 8.11. The second-order valence-electron chi connectivity index (χ2n) is 3.32. The molecule has 1 aromatic heterocycles. The van der Waals surface area contributed by atoms with E-state index in [2.05, 4.69) is 9.97 Å². The lowest BCUT2D eigenvalue weighted by atomic mass is 10.1. The van der Waals surface area contributed by atoms with Gasteiger partial charge in [-0.15, -0.1) is 0 Å². The predicted molar refractivity (Wildman–Crippen MR) is 58.3 cm³/mol. The lowest BCUT2D eigenvalue weighted by Crippen LogP contribution is -1.96. The van der Waals surface area contributed by atoms with Crippen LogP contribution < -0.4 is 10.5 Å². The van der Waals surface area contributed by atoms with Crippen molar-refractivity contribution in [1.29, 1.82) is 0 Å². The number of anilines is 1. The summed E-state index contributed by atoms with van der Waals surface area (Å²) in [4.78, 5) is 7.62. The zero-order valence-electron chi connectivity index (χ0n) is 8.95. The molecule has 0 saturated heterocycles. The number of methoxy groups -OCH3 is 1. The number of halogens is 2. The van der Waals surface area contributed by atoms with Crippen molar-refractivity contribution in [2.75, 3.05) is 12.8 Å². The predicted octanol–water partition coefficient (Wildman–Crippen LogP) is 2.01. The van der Waals surface area contributed by atoms with E-state index < -0.39 is 11.6 Å². The molecule has 0 radical (unpaired) electrons. The molecule has 0 aliphatic carbocycles. The Bertz CT molecular complexity index is 543. The van der Waals surface area contributed by atoms with E-state index >= 15 is 0 Å². The van der Waals surface area contributed by atoms with Crippen molar-refractivity contribution in [1.82, 2.24) is 9.97 Å². The van der Waals surface area contributed by atoms with Gasteiger partial charge >= 0.3 is 6.01 Å². The van der Waals surface area contributed by atoms with Crippen LogP contribution in [0, 0.1) is 11.6 Å². The van der Waals surface area contributed by atoms with Crippen molar-refractivity contribution in [3.05, 3.63) is 36.2 Å². The van der Waals surface area contributed by atoms with Crippen molar-refractivity contribution in [3.8, 4) is 17.1 Å². The molecular weight excluding hydrogens is 228 g/mol. The van der Waals surface area contributed by atoms with Crippen LogP contribution in [-0.2, 0) is 0 Å². The minimum atomic E-state index is -1.00. The Morgan fingerprint density at radius 3 is 2.41 bits per heavy atom. The smallest absolute Gasteiger partial charge is 0.316 e. The summed E-state index contributed by atoms with van der Waals surface area (Å²) in [6.07, 6.45) is 2.67. The number of nitrogen functional groups attached to an aromatic ring is 1. The van der Waals surface area contributed by atoms with E-state index in [4.69, 9.17) is 10.5 Å². The van der Waals surface area contributed by atoms with Crippen molar-refractivity contribution < 1.29 is 13.5 Å². The number of benzene rings is 1. The number of ether oxygens (including phenoxy) is 1. The monoisotopic (exact) mass is 237 g/mol. The molecule has 0 unspecified atom stereocenters. The Hall–Kier alpha value is -2.24. The molecule has 2 aromatic rings. The number of nitrogens with two attached hydrogens (primary N) is 1. The highest BCUT2D eigenvalue weighted by Crippen LogP contribution is 2.26. The summed E-state index contributed by atoms with van der Waals surface area (Å²) in [6, 6.07) is 2.39. The summed E-state index contributed by atoms with van der Waals surface area (Å²) >= 11 is 0. The fourth-order valence-electron chi connectivity index (χ4n) is 1.38. The Morgan fingerprint density at radius 1 is 1.18 bits per heavy atom. The van der Waals surface area contributed by atoms with Crippen molar-refractivity contribution in [2.45, 2.75) is 0 Å². The molecule has 0 aliphatic rings. The molecule has 0 spiro atoms. The standard InChI is InChI=1S/C11H9F2N3O/c1-17-11-15-4-6(5-16-11)8-2-7(14)3-9(12)10(8)13/h2-5H,14H2,1H3. The molecular formula is C11H9F2N3O. The first-order valence-electron chi connectivity index (χ1n) is 4.72. The van der Waals surface area contributed by atoms with E-state index in [1.165, 1.54) is 25.6 Å². The van der Waals surface area contributed by atoms with Gasteiger partial charge in [0, 0.05) is 29.2 Å². The van der Waals surface area contributed by atoms with Crippen LogP contribution in [0.2, 0.25) is 0 Å². The summed E-state index contributed by atoms with van der Waals surface area (Å²) in [5.74, 6) is -1.98. The van der Waals surface area contributed by atoms with Gasteiger partial charge in [0.1, 0.15) is 0 Å². The fourth-order valence-corrected chi connectivity index (χ4v) is 1.38. The summed E-state index contributed by atoms with van der Waals surface area (Å²) < 4.78 is 31.5. The Labute approximate surface area is 96.1 Å². The van der Waals surface area contributed by atoms with Crippen LogP contribution in [-0.4, -0.2) is 17.1 Å². The summed E-state index contributed by atoms with van der Waals surface area (Å²) in [7, 11) is 1.41. The van der Waals surface area contributed by atoms with Crippen LogP contribution in [0.5, 0.6) is 6.01 Å². The summed E-state index contributed by atoms with van der Waals surface area (Å²) in [5.41, 5.74) is 5.93. The third-order valence-corrected chi connectivity index (χ3v) is 2.17.